The van der Waals surface area contributed by atoms with Gasteiger partial charge in [-0.2, -0.15) is 5.10 Å². The second kappa shape index (κ2) is 7.19. The van der Waals surface area contributed by atoms with Crippen LogP contribution in [0.1, 0.15) is 50.1 Å². The Morgan fingerprint density at radius 1 is 1.23 bits per heavy atom. The molecule has 3 aromatic rings. The van der Waals surface area contributed by atoms with Gasteiger partial charge in [-0.15, -0.1) is 0 Å². The lowest BCUT2D eigenvalue weighted by Gasteiger charge is -2.31. The fourth-order valence-corrected chi connectivity index (χ4v) is 3.97. The van der Waals surface area contributed by atoms with Crippen molar-refractivity contribution in [3.8, 4) is 0 Å². The topological polar surface area (TPSA) is 62.6 Å². The average Bonchev–Trinajstić information content (AvgIpc) is 3.19. The van der Waals surface area contributed by atoms with E-state index in [2.05, 4.69) is 62.8 Å². The molecule has 1 aliphatic rings. The van der Waals surface area contributed by atoms with E-state index < -0.39 is 0 Å². The zero-order chi connectivity index (χ0) is 18.1. The summed E-state index contributed by atoms with van der Waals surface area (Å²) < 4.78 is 2.40. The minimum atomic E-state index is 0.414. The smallest absolute Gasteiger partial charge is 0.155 e. The fourth-order valence-electron chi connectivity index (χ4n) is 3.97. The van der Waals surface area contributed by atoms with E-state index in [0.717, 1.165) is 49.8 Å². The predicted octanol–water partition coefficient (Wildman–Crippen LogP) is 3.50. The van der Waals surface area contributed by atoms with Gasteiger partial charge in [-0.25, -0.2) is 9.97 Å². The van der Waals surface area contributed by atoms with E-state index in [1.165, 1.54) is 17.8 Å². The number of nitrogens with one attached hydrogen (secondary N) is 1. The van der Waals surface area contributed by atoms with Crippen molar-refractivity contribution in [1.82, 2.24) is 29.6 Å². The standard InChI is InChI=1S/C20H28N6/c1-14(2)11-26-18-9-5-4-8-17(18)22-19(26)13-25-10-6-7-16(12-25)20-21-15(3)23-24-20/h4-5,8-9,14,16H,6-7,10-13H2,1-3H3,(H,21,23,24). The summed E-state index contributed by atoms with van der Waals surface area (Å²) in [4.78, 5) is 12.0. The molecule has 26 heavy (non-hydrogen) atoms. The fraction of sp³-hybridized carbons (Fsp3) is 0.550. The van der Waals surface area contributed by atoms with Crippen LogP contribution >= 0.6 is 0 Å². The van der Waals surface area contributed by atoms with Crippen molar-refractivity contribution in [3.63, 3.8) is 0 Å². The molecule has 0 saturated carbocycles. The van der Waals surface area contributed by atoms with E-state index in [1.807, 2.05) is 6.92 Å². The van der Waals surface area contributed by atoms with Crippen molar-refractivity contribution in [1.29, 1.82) is 0 Å². The molecule has 6 nitrogen and oxygen atoms in total. The summed E-state index contributed by atoms with van der Waals surface area (Å²) in [6, 6.07) is 8.48. The summed E-state index contributed by atoms with van der Waals surface area (Å²) in [5.74, 6) is 4.04. The van der Waals surface area contributed by atoms with Gasteiger partial charge in [0.15, 0.2) is 5.82 Å². The van der Waals surface area contributed by atoms with Gasteiger partial charge in [0.1, 0.15) is 11.6 Å². The van der Waals surface area contributed by atoms with Crippen LogP contribution in [-0.2, 0) is 13.1 Å². The Labute approximate surface area is 154 Å². The van der Waals surface area contributed by atoms with E-state index in [0.29, 0.717) is 11.8 Å². The molecule has 0 aliphatic carbocycles. The third-order valence-corrected chi connectivity index (χ3v) is 5.13. The number of aromatic nitrogens is 5. The lowest BCUT2D eigenvalue weighted by Crippen LogP contribution is -2.35. The Balaban J connectivity index is 1.56. The van der Waals surface area contributed by atoms with Crippen LogP contribution in [0.5, 0.6) is 0 Å². The van der Waals surface area contributed by atoms with Crippen LogP contribution in [0.2, 0.25) is 0 Å². The van der Waals surface area contributed by atoms with Crippen LogP contribution in [0, 0.1) is 12.8 Å². The van der Waals surface area contributed by atoms with Gasteiger partial charge < -0.3 is 4.57 Å². The van der Waals surface area contributed by atoms with Gasteiger partial charge in [-0.1, -0.05) is 26.0 Å². The first-order chi connectivity index (χ1) is 12.6. The lowest BCUT2D eigenvalue weighted by molar-refractivity contribution is 0.190. The van der Waals surface area contributed by atoms with Crippen molar-refractivity contribution >= 4 is 11.0 Å². The molecule has 4 rings (SSSR count). The van der Waals surface area contributed by atoms with E-state index >= 15 is 0 Å². The second-order valence-electron chi connectivity index (χ2n) is 7.87. The first-order valence-electron chi connectivity index (χ1n) is 9.65. The molecule has 138 valence electrons. The monoisotopic (exact) mass is 352 g/mol. The Hall–Kier alpha value is -2.21. The highest BCUT2D eigenvalue weighted by Crippen LogP contribution is 2.26. The third kappa shape index (κ3) is 3.51. The molecule has 1 atom stereocenters. The number of rotatable bonds is 5. The van der Waals surface area contributed by atoms with Crippen molar-refractivity contribution in [2.75, 3.05) is 13.1 Å². The predicted molar refractivity (Wildman–Crippen MR) is 103 cm³/mol. The SMILES string of the molecule is Cc1nc(C2CCCN(Cc3nc4ccccc4n3CC(C)C)C2)n[nH]1. The van der Waals surface area contributed by atoms with Gasteiger partial charge in [0.05, 0.1) is 17.6 Å². The summed E-state index contributed by atoms with van der Waals surface area (Å²) in [5.41, 5.74) is 2.34. The van der Waals surface area contributed by atoms with Crippen LogP contribution in [-0.4, -0.2) is 42.7 Å². The Bertz CT molecular complexity index is 877. The lowest BCUT2D eigenvalue weighted by atomic mass is 9.97. The van der Waals surface area contributed by atoms with E-state index in [-0.39, 0.29) is 0 Å². The van der Waals surface area contributed by atoms with Gasteiger partial charge in [0, 0.05) is 19.0 Å². The zero-order valence-electron chi connectivity index (χ0n) is 15.9. The molecule has 0 radical (unpaired) electrons. The highest BCUT2D eigenvalue weighted by Gasteiger charge is 2.25. The highest BCUT2D eigenvalue weighted by atomic mass is 15.2. The number of nitrogens with zero attached hydrogens (tertiary/aromatic N) is 5. The first-order valence-corrected chi connectivity index (χ1v) is 9.65. The molecule has 0 spiro atoms. The molecule has 0 amide bonds. The number of aromatic amines is 1. The van der Waals surface area contributed by atoms with E-state index in [1.54, 1.807) is 0 Å². The molecular weight excluding hydrogens is 324 g/mol. The second-order valence-corrected chi connectivity index (χ2v) is 7.87. The average molecular weight is 352 g/mol. The normalized spacial score (nSPS) is 18.8. The number of para-hydroxylation sites is 2. The quantitative estimate of drug-likeness (QED) is 0.763. The first kappa shape index (κ1) is 17.2. The van der Waals surface area contributed by atoms with Crippen LogP contribution in [0.15, 0.2) is 24.3 Å². The number of piperidine rings is 1. The Morgan fingerprint density at radius 3 is 2.85 bits per heavy atom. The number of benzene rings is 1. The summed E-state index contributed by atoms with van der Waals surface area (Å²) in [6.07, 6.45) is 2.35. The van der Waals surface area contributed by atoms with Gasteiger partial charge in [0.2, 0.25) is 0 Å². The summed E-state index contributed by atoms with van der Waals surface area (Å²) in [6.45, 7) is 10.5. The maximum absolute atomic E-state index is 4.95. The molecule has 1 aromatic carbocycles. The number of fused-ring (bicyclic) bond motifs is 1. The highest BCUT2D eigenvalue weighted by molar-refractivity contribution is 5.75. The van der Waals surface area contributed by atoms with Crippen LogP contribution in [0.4, 0.5) is 0 Å². The molecule has 1 aliphatic heterocycles. The van der Waals surface area contributed by atoms with Crippen molar-refractivity contribution in [2.45, 2.75) is 52.6 Å². The van der Waals surface area contributed by atoms with Crippen molar-refractivity contribution in [2.24, 2.45) is 5.92 Å². The van der Waals surface area contributed by atoms with Crippen molar-refractivity contribution in [3.05, 3.63) is 41.7 Å². The maximum atomic E-state index is 4.95. The minimum Gasteiger partial charge on any atom is -0.327 e. The van der Waals surface area contributed by atoms with Gasteiger partial charge in [0.25, 0.3) is 0 Å². The molecule has 1 unspecified atom stereocenters. The van der Waals surface area contributed by atoms with E-state index in [4.69, 9.17) is 4.98 Å². The van der Waals surface area contributed by atoms with Crippen molar-refractivity contribution < 1.29 is 0 Å². The van der Waals surface area contributed by atoms with Crippen LogP contribution < -0.4 is 0 Å². The van der Waals surface area contributed by atoms with Gasteiger partial charge in [-0.05, 0) is 44.4 Å². The molecule has 0 bridgehead atoms. The summed E-state index contributed by atoms with van der Waals surface area (Å²) in [7, 11) is 0. The zero-order valence-corrected chi connectivity index (χ0v) is 15.9. The van der Waals surface area contributed by atoms with Crippen LogP contribution in [0.25, 0.3) is 11.0 Å². The molecule has 1 saturated heterocycles. The molecule has 1 N–H and O–H groups in total. The number of hydrogen-bond acceptors (Lipinski definition) is 4. The Morgan fingerprint density at radius 2 is 2.08 bits per heavy atom. The number of H-pyrrole nitrogens is 1. The number of imidazole rings is 1. The maximum Gasteiger partial charge on any atom is 0.155 e. The molecule has 2 aromatic heterocycles. The van der Waals surface area contributed by atoms with E-state index in [9.17, 15) is 0 Å². The van der Waals surface area contributed by atoms with Crippen LogP contribution in [0.3, 0.4) is 0 Å². The molecule has 3 heterocycles. The third-order valence-electron chi connectivity index (χ3n) is 5.13. The van der Waals surface area contributed by atoms with Gasteiger partial charge in [-0.3, -0.25) is 10.00 Å². The summed E-state index contributed by atoms with van der Waals surface area (Å²) >= 11 is 0. The molecular formula is C20H28N6. The number of aryl methyl sites for hydroxylation is 1. The number of hydrogen-bond donors (Lipinski definition) is 1. The summed E-state index contributed by atoms with van der Waals surface area (Å²) in [5, 5.41) is 7.37. The Kier molecular flexibility index (Phi) is 4.76. The van der Waals surface area contributed by atoms with Gasteiger partial charge >= 0.3 is 0 Å². The number of likely N-dealkylation sites (tertiary alicyclic amines) is 1. The minimum absolute atomic E-state index is 0.414. The molecule has 6 heteroatoms. The molecule has 1 fully saturated rings. The largest absolute Gasteiger partial charge is 0.327 e.